The molecule has 0 aliphatic carbocycles. The van der Waals surface area contributed by atoms with Crippen molar-refractivity contribution in [3.05, 3.63) is 75.3 Å². The van der Waals surface area contributed by atoms with E-state index in [4.69, 9.17) is 12.2 Å². The van der Waals surface area contributed by atoms with Gasteiger partial charge in [0.05, 0.1) is 17.2 Å². The van der Waals surface area contributed by atoms with Gasteiger partial charge in [0.15, 0.2) is 0 Å². The van der Waals surface area contributed by atoms with Crippen molar-refractivity contribution in [2.75, 3.05) is 31.1 Å². The monoisotopic (exact) mass is 464 g/mol. The van der Waals surface area contributed by atoms with E-state index in [1.54, 1.807) is 20.5 Å². The summed E-state index contributed by atoms with van der Waals surface area (Å²) in [5, 5.41) is 15.7. The number of benzene rings is 2. The molecule has 12 heteroatoms. The summed E-state index contributed by atoms with van der Waals surface area (Å²) in [6.45, 7) is 2.41. The second-order valence-electron chi connectivity index (χ2n) is 7.32. The molecule has 168 valence electrons. The minimum absolute atomic E-state index is 0.188. The number of para-hydroxylation sites is 1. The Kier molecular flexibility index (Phi) is 5.98. The van der Waals surface area contributed by atoms with Gasteiger partial charge in [-0.1, -0.05) is 18.2 Å². The maximum Gasteiger partial charge on any atom is 0.416 e. The number of piperazine rings is 1. The van der Waals surface area contributed by atoms with Crippen LogP contribution in [-0.4, -0.2) is 50.3 Å². The summed E-state index contributed by atoms with van der Waals surface area (Å²) in [5.74, 6) is 0. The van der Waals surface area contributed by atoms with Gasteiger partial charge in [0.25, 0.3) is 5.69 Å². The Morgan fingerprint density at radius 3 is 2.38 bits per heavy atom. The first-order chi connectivity index (χ1) is 15.2. The van der Waals surface area contributed by atoms with Crippen LogP contribution >= 0.6 is 12.2 Å². The molecule has 0 N–H and O–H groups in total. The van der Waals surface area contributed by atoms with Crippen LogP contribution in [0.3, 0.4) is 0 Å². The Balaban J connectivity index is 1.45. The second-order valence-corrected chi connectivity index (χ2v) is 7.69. The number of nitro benzene ring substituents is 1. The molecule has 1 aliphatic rings. The number of rotatable bonds is 5. The number of nitro groups is 1. The molecular weight excluding hydrogens is 445 g/mol. The smallest absolute Gasteiger partial charge is 0.363 e. The first-order valence-electron chi connectivity index (χ1n) is 9.77. The van der Waals surface area contributed by atoms with Crippen molar-refractivity contribution < 1.29 is 18.1 Å². The van der Waals surface area contributed by atoms with Crippen LogP contribution in [0.15, 0.2) is 54.9 Å². The third kappa shape index (κ3) is 4.50. The number of nitrogens with zero attached hydrogens (tertiary/aromatic N) is 6. The number of halogens is 3. The van der Waals surface area contributed by atoms with Crippen LogP contribution in [0.2, 0.25) is 0 Å². The standard InChI is InChI=1S/C20H19F3N6O2S/c21-20(22,23)15-6-7-17(18(12-15)29(30)31)26-10-8-25(9-11-26)14-28-19(32)27(13-24-28)16-4-2-1-3-5-16/h1-7,12-13H,8-11,14H2. The first kappa shape index (κ1) is 22.0. The predicted molar refractivity (Wildman–Crippen MR) is 114 cm³/mol. The summed E-state index contributed by atoms with van der Waals surface area (Å²) in [4.78, 5) is 14.4. The summed E-state index contributed by atoms with van der Waals surface area (Å²) in [6.07, 6.45) is -2.98. The highest BCUT2D eigenvalue weighted by Crippen LogP contribution is 2.36. The van der Waals surface area contributed by atoms with Gasteiger partial charge in [0.2, 0.25) is 4.77 Å². The molecule has 0 saturated carbocycles. The van der Waals surface area contributed by atoms with Crippen molar-refractivity contribution in [2.45, 2.75) is 12.8 Å². The van der Waals surface area contributed by atoms with E-state index in [2.05, 4.69) is 10.00 Å². The van der Waals surface area contributed by atoms with E-state index in [0.717, 1.165) is 11.8 Å². The molecule has 1 aromatic heterocycles. The average molecular weight is 464 g/mol. The number of hydrogen-bond acceptors (Lipinski definition) is 6. The molecule has 1 fully saturated rings. The van der Waals surface area contributed by atoms with Crippen molar-refractivity contribution in [3.8, 4) is 5.69 Å². The highest BCUT2D eigenvalue weighted by atomic mass is 32.1. The lowest BCUT2D eigenvalue weighted by Gasteiger charge is -2.35. The Morgan fingerprint density at radius 1 is 1.06 bits per heavy atom. The zero-order chi connectivity index (χ0) is 22.9. The fourth-order valence-corrected chi connectivity index (χ4v) is 3.89. The quantitative estimate of drug-likeness (QED) is 0.322. The average Bonchev–Trinajstić information content (AvgIpc) is 3.14. The largest absolute Gasteiger partial charge is 0.416 e. The molecule has 0 amide bonds. The van der Waals surface area contributed by atoms with Crippen molar-refractivity contribution in [3.63, 3.8) is 0 Å². The van der Waals surface area contributed by atoms with E-state index >= 15 is 0 Å². The lowest BCUT2D eigenvalue weighted by atomic mass is 10.1. The van der Waals surface area contributed by atoms with Gasteiger partial charge >= 0.3 is 6.18 Å². The topological polar surface area (TPSA) is 72.4 Å². The van der Waals surface area contributed by atoms with Crippen molar-refractivity contribution in [1.29, 1.82) is 0 Å². The van der Waals surface area contributed by atoms with Gasteiger partial charge in [-0.3, -0.25) is 19.6 Å². The van der Waals surface area contributed by atoms with Crippen LogP contribution in [0.25, 0.3) is 5.69 Å². The SMILES string of the molecule is O=[N+]([O-])c1cc(C(F)(F)F)ccc1N1CCN(Cn2ncn(-c3ccccc3)c2=S)CC1. The number of anilines is 1. The van der Waals surface area contributed by atoms with Crippen LogP contribution in [0.5, 0.6) is 0 Å². The molecule has 2 heterocycles. The van der Waals surface area contributed by atoms with Gasteiger partial charge in [-0.05, 0) is 36.5 Å². The van der Waals surface area contributed by atoms with E-state index in [-0.39, 0.29) is 5.69 Å². The highest BCUT2D eigenvalue weighted by Gasteiger charge is 2.34. The minimum atomic E-state index is -4.63. The van der Waals surface area contributed by atoms with Crippen LogP contribution in [0.1, 0.15) is 5.56 Å². The molecule has 3 aromatic rings. The summed E-state index contributed by atoms with van der Waals surface area (Å²) in [7, 11) is 0. The third-order valence-corrected chi connectivity index (χ3v) is 5.72. The van der Waals surface area contributed by atoms with Crippen LogP contribution < -0.4 is 4.90 Å². The maximum absolute atomic E-state index is 12.9. The molecule has 8 nitrogen and oxygen atoms in total. The summed E-state index contributed by atoms with van der Waals surface area (Å²) < 4.78 is 42.9. The summed E-state index contributed by atoms with van der Waals surface area (Å²) in [6, 6.07) is 12.2. The van der Waals surface area contributed by atoms with E-state index in [1.165, 1.54) is 6.07 Å². The third-order valence-electron chi connectivity index (χ3n) is 5.31. The molecule has 2 aromatic carbocycles. The maximum atomic E-state index is 12.9. The van der Waals surface area contributed by atoms with E-state index < -0.39 is 22.4 Å². The Hall–Kier alpha value is -3.25. The fraction of sp³-hybridized carbons (Fsp3) is 0.300. The van der Waals surface area contributed by atoms with Crippen LogP contribution in [-0.2, 0) is 12.8 Å². The Morgan fingerprint density at radius 2 is 1.75 bits per heavy atom. The highest BCUT2D eigenvalue weighted by molar-refractivity contribution is 7.71. The second kappa shape index (κ2) is 8.71. The summed E-state index contributed by atoms with van der Waals surface area (Å²) >= 11 is 5.52. The molecule has 0 radical (unpaired) electrons. The molecule has 0 bridgehead atoms. The normalized spacial score (nSPS) is 15.2. The van der Waals surface area contributed by atoms with Crippen molar-refractivity contribution in [1.82, 2.24) is 19.2 Å². The molecule has 32 heavy (non-hydrogen) atoms. The lowest BCUT2D eigenvalue weighted by Crippen LogP contribution is -2.47. The molecule has 1 saturated heterocycles. The van der Waals surface area contributed by atoms with E-state index in [1.807, 2.05) is 30.3 Å². The van der Waals surface area contributed by atoms with Gasteiger partial charge < -0.3 is 4.90 Å². The zero-order valence-corrected chi connectivity index (χ0v) is 17.6. The molecule has 4 rings (SSSR count). The van der Waals surface area contributed by atoms with E-state index in [9.17, 15) is 23.3 Å². The van der Waals surface area contributed by atoms with E-state index in [0.29, 0.717) is 43.7 Å². The fourth-order valence-electron chi connectivity index (χ4n) is 3.63. The molecular formula is C20H19F3N6O2S. The molecule has 0 unspecified atom stereocenters. The first-order valence-corrected chi connectivity index (χ1v) is 10.2. The Labute approximate surface area is 186 Å². The number of alkyl halides is 3. The molecule has 0 atom stereocenters. The van der Waals surface area contributed by atoms with Crippen LogP contribution in [0, 0.1) is 14.9 Å². The van der Waals surface area contributed by atoms with Gasteiger partial charge in [0.1, 0.15) is 12.0 Å². The van der Waals surface area contributed by atoms with Crippen LogP contribution in [0.4, 0.5) is 24.5 Å². The van der Waals surface area contributed by atoms with Gasteiger partial charge in [0, 0.05) is 37.9 Å². The minimum Gasteiger partial charge on any atom is -0.363 e. The number of hydrogen-bond donors (Lipinski definition) is 0. The lowest BCUT2D eigenvalue weighted by molar-refractivity contribution is -0.384. The summed E-state index contributed by atoms with van der Waals surface area (Å²) in [5.41, 5.74) is -0.483. The predicted octanol–water partition coefficient (Wildman–Crippen LogP) is 4.11. The zero-order valence-electron chi connectivity index (χ0n) is 16.8. The molecule has 1 aliphatic heterocycles. The Bertz CT molecular complexity index is 1170. The van der Waals surface area contributed by atoms with Crippen molar-refractivity contribution in [2.24, 2.45) is 0 Å². The van der Waals surface area contributed by atoms with Gasteiger partial charge in [-0.15, -0.1) is 0 Å². The molecule has 0 spiro atoms. The van der Waals surface area contributed by atoms with Gasteiger partial charge in [-0.2, -0.15) is 18.3 Å². The van der Waals surface area contributed by atoms with Gasteiger partial charge in [-0.25, -0.2) is 4.68 Å². The number of aromatic nitrogens is 3. The van der Waals surface area contributed by atoms with Crippen molar-refractivity contribution >= 4 is 23.6 Å².